The van der Waals surface area contributed by atoms with Crippen LogP contribution in [-0.4, -0.2) is 35.1 Å². The van der Waals surface area contributed by atoms with E-state index in [1.54, 1.807) is 0 Å². The molecule has 2 aromatic rings. The summed E-state index contributed by atoms with van der Waals surface area (Å²) >= 11 is 2.29. The first kappa shape index (κ1) is 21.0. The number of nitrogen functional groups attached to an aromatic ring is 1. The molecule has 0 amide bonds. The van der Waals surface area contributed by atoms with E-state index in [1.807, 2.05) is 0 Å². The van der Waals surface area contributed by atoms with Crippen molar-refractivity contribution in [3.63, 3.8) is 0 Å². The van der Waals surface area contributed by atoms with Gasteiger partial charge >= 0.3 is 0 Å². The van der Waals surface area contributed by atoms with Gasteiger partial charge in [-0.15, -0.1) is 0 Å². The summed E-state index contributed by atoms with van der Waals surface area (Å²) in [4.78, 5) is 8.65. The molecule has 2 N–H and O–H groups in total. The van der Waals surface area contributed by atoms with Gasteiger partial charge in [-0.25, -0.2) is 9.97 Å². The van der Waals surface area contributed by atoms with Gasteiger partial charge < -0.3 is 19.5 Å². The molecule has 2 aromatic heterocycles. The number of aromatic nitrogens is 3. The molecule has 0 saturated carbocycles. The van der Waals surface area contributed by atoms with Gasteiger partial charge in [-0.3, -0.25) is 0 Å². The average molecular weight is 502 g/mol. The first-order chi connectivity index (χ1) is 12.5. The molecule has 4 atom stereocenters. The largest absolute Gasteiger partial charge is 0.409 e. The number of ether oxygens (including phenoxy) is 1. The van der Waals surface area contributed by atoms with E-state index in [9.17, 15) is 0 Å². The molecule has 6 nitrogen and oxygen atoms in total. The minimum atomic E-state index is -1.95. The van der Waals surface area contributed by atoms with Gasteiger partial charge in [-0.2, -0.15) is 0 Å². The molecule has 8 heteroatoms. The van der Waals surface area contributed by atoms with Crippen LogP contribution in [0.15, 0.2) is 12.5 Å². The molecule has 3 rings (SSSR count). The van der Waals surface area contributed by atoms with Crippen molar-refractivity contribution in [3.05, 3.63) is 16.1 Å². The maximum absolute atomic E-state index is 6.88. The standard InChI is InChI=1S/C19H31IN4O2Si/c1-8-13-11(2)15(26-27(6,7)19(3,4)5)18(25-13)24-9-12(20)14-16(21)22-10-23-17(14)24/h9-11,13,15,18H,8H2,1-7H3,(H2,21,22,23)/t11-,13+,15?,18+/m0/s1. The highest BCUT2D eigenvalue weighted by Gasteiger charge is 2.48. The van der Waals surface area contributed by atoms with Crippen LogP contribution in [0.4, 0.5) is 5.82 Å². The zero-order valence-corrected chi connectivity index (χ0v) is 20.4. The Labute approximate surface area is 176 Å². The summed E-state index contributed by atoms with van der Waals surface area (Å²) in [7, 11) is -1.95. The van der Waals surface area contributed by atoms with E-state index in [4.69, 9.17) is 14.9 Å². The summed E-state index contributed by atoms with van der Waals surface area (Å²) in [6.07, 6.45) is 4.48. The predicted molar refractivity (Wildman–Crippen MR) is 120 cm³/mol. The number of halogens is 1. The first-order valence-electron chi connectivity index (χ1n) is 9.57. The second kappa shape index (κ2) is 7.27. The Hall–Kier alpha value is -0.713. The SMILES string of the molecule is CC[C@H]1O[C@@H](n2cc(I)c3c(N)ncnc32)C(O[Si](C)(C)C(C)(C)C)[C@H]1C. The minimum Gasteiger partial charge on any atom is -0.409 e. The molecule has 27 heavy (non-hydrogen) atoms. The lowest BCUT2D eigenvalue weighted by molar-refractivity contribution is -0.0319. The van der Waals surface area contributed by atoms with Crippen LogP contribution in [0.25, 0.3) is 11.0 Å². The van der Waals surface area contributed by atoms with E-state index >= 15 is 0 Å². The number of rotatable bonds is 4. The zero-order valence-electron chi connectivity index (χ0n) is 17.3. The lowest BCUT2D eigenvalue weighted by Gasteiger charge is -2.40. The van der Waals surface area contributed by atoms with Crippen molar-refractivity contribution >= 4 is 47.8 Å². The normalized spacial score (nSPS) is 26.8. The quantitative estimate of drug-likeness (QED) is 0.473. The van der Waals surface area contributed by atoms with E-state index in [2.05, 4.69) is 91.0 Å². The van der Waals surface area contributed by atoms with Crippen molar-refractivity contribution in [1.29, 1.82) is 0 Å². The monoisotopic (exact) mass is 502 g/mol. The van der Waals surface area contributed by atoms with E-state index in [1.165, 1.54) is 6.33 Å². The Morgan fingerprint density at radius 1 is 1.33 bits per heavy atom. The molecule has 1 aliphatic heterocycles. The summed E-state index contributed by atoms with van der Waals surface area (Å²) in [5.41, 5.74) is 6.92. The van der Waals surface area contributed by atoms with Gasteiger partial charge in [0.15, 0.2) is 14.5 Å². The summed E-state index contributed by atoms with van der Waals surface area (Å²) < 4.78 is 16.5. The third kappa shape index (κ3) is 3.65. The molecule has 1 aliphatic rings. The highest BCUT2D eigenvalue weighted by Crippen LogP contribution is 2.45. The van der Waals surface area contributed by atoms with Gasteiger partial charge in [0.1, 0.15) is 17.8 Å². The third-order valence-electron chi connectivity index (χ3n) is 6.21. The topological polar surface area (TPSA) is 75.2 Å². The number of hydrogen-bond donors (Lipinski definition) is 1. The van der Waals surface area contributed by atoms with Crippen LogP contribution in [0.1, 0.15) is 47.3 Å². The maximum Gasteiger partial charge on any atom is 0.192 e. The van der Waals surface area contributed by atoms with Crippen LogP contribution < -0.4 is 5.73 Å². The summed E-state index contributed by atoms with van der Waals surface area (Å²) in [5.74, 6) is 0.812. The third-order valence-corrected chi connectivity index (χ3v) is 11.5. The highest BCUT2D eigenvalue weighted by molar-refractivity contribution is 14.1. The van der Waals surface area contributed by atoms with E-state index in [0.29, 0.717) is 11.7 Å². The molecular weight excluding hydrogens is 471 g/mol. The number of fused-ring (bicyclic) bond motifs is 1. The Bertz CT molecular complexity index is 833. The van der Waals surface area contributed by atoms with Crippen molar-refractivity contribution < 1.29 is 9.16 Å². The number of nitrogens with zero attached hydrogens (tertiary/aromatic N) is 3. The fraction of sp³-hybridized carbons (Fsp3) is 0.684. The zero-order chi connectivity index (χ0) is 20.1. The van der Waals surface area contributed by atoms with Crippen LogP contribution >= 0.6 is 22.6 Å². The summed E-state index contributed by atoms with van der Waals surface area (Å²) in [5, 5.41) is 1.03. The fourth-order valence-corrected chi connectivity index (χ4v) is 5.66. The molecular formula is C19H31IN4O2Si. The van der Waals surface area contributed by atoms with Crippen molar-refractivity contribution in [2.24, 2.45) is 5.92 Å². The maximum atomic E-state index is 6.88. The molecule has 1 saturated heterocycles. The minimum absolute atomic E-state index is 0.0153. The summed E-state index contributed by atoms with van der Waals surface area (Å²) in [6, 6.07) is 0. The molecule has 0 spiro atoms. The van der Waals surface area contributed by atoms with Crippen molar-refractivity contribution in [1.82, 2.24) is 14.5 Å². The summed E-state index contributed by atoms with van der Waals surface area (Å²) in [6.45, 7) is 15.8. The second-order valence-corrected chi connectivity index (χ2v) is 14.9. The molecule has 1 unspecified atom stereocenters. The molecule has 0 aromatic carbocycles. The fourth-order valence-electron chi connectivity index (χ4n) is 3.48. The Balaban J connectivity index is 2.06. The van der Waals surface area contributed by atoms with Crippen molar-refractivity contribution in [3.8, 4) is 0 Å². The van der Waals surface area contributed by atoms with Gasteiger partial charge in [0.05, 0.1) is 17.6 Å². The smallest absolute Gasteiger partial charge is 0.192 e. The van der Waals surface area contributed by atoms with Crippen LogP contribution in [-0.2, 0) is 9.16 Å². The average Bonchev–Trinajstić information content (AvgIpc) is 3.05. The predicted octanol–water partition coefficient (Wildman–Crippen LogP) is 4.95. The first-order valence-corrected chi connectivity index (χ1v) is 13.6. The van der Waals surface area contributed by atoms with Crippen LogP contribution in [0.2, 0.25) is 18.1 Å². The van der Waals surface area contributed by atoms with Gasteiger partial charge in [0.2, 0.25) is 0 Å². The number of hydrogen-bond acceptors (Lipinski definition) is 5. The number of nitrogens with two attached hydrogens (primary N) is 1. The molecule has 0 aliphatic carbocycles. The Morgan fingerprint density at radius 2 is 2.00 bits per heavy atom. The lowest BCUT2D eigenvalue weighted by atomic mass is 9.99. The molecule has 3 heterocycles. The Morgan fingerprint density at radius 3 is 2.59 bits per heavy atom. The van der Waals surface area contributed by atoms with E-state index in [0.717, 1.165) is 21.0 Å². The highest BCUT2D eigenvalue weighted by atomic mass is 127. The van der Waals surface area contributed by atoms with Gasteiger partial charge in [0, 0.05) is 15.7 Å². The second-order valence-electron chi connectivity index (χ2n) is 9.02. The van der Waals surface area contributed by atoms with Gasteiger partial charge in [-0.1, -0.05) is 34.6 Å². The van der Waals surface area contributed by atoms with Crippen LogP contribution in [0.5, 0.6) is 0 Å². The van der Waals surface area contributed by atoms with E-state index in [-0.39, 0.29) is 23.5 Å². The number of anilines is 1. The van der Waals surface area contributed by atoms with Crippen molar-refractivity contribution in [2.75, 3.05) is 5.73 Å². The van der Waals surface area contributed by atoms with Crippen LogP contribution in [0.3, 0.4) is 0 Å². The van der Waals surface area contributed by atoms with Gasteiger partial charge in [0.25, 0.3) is 0 Å². The molecule has 150 valence electrons. The van der Waals surface area contributed by atoms with Crippen LogP contribution in [0, 0.1) is 9.49 Å². The molecule has 0 radical (unpaired) electrons. The van der Waals surface area contributed by atoms with Gasteiger partial charge in [-0.05, 0) is 47.1 Å². The lowest BCUT2D eigenvalue weighted by Crippen LogP contribution is -2.46. The van der Waals surface area contributed by atoms with E-state index < -0.39 is 8.32 Å². The van der Waals surface area contributed by atoms with Crippen molar-refractivity contribution in [2.45, 2.75) is 77.6 Å². The molecule has 1 fully saturated rings. The molecule has 0 bridgehead atoms. The Kier molecular flexibility index (Phi) is 5.66.